The molecule has 0 spiro atoms. The van der Waals surface area contributed by atoms with E-state index in [-0.39, 0.29) is 38.4 Å². The van der Waals surface area contributed by atoms with E-state index in [0.717, 1.165) is 13.3 Å². The van der Waals surface area contributed by atoms with Crippen molar-refractivity contribution in [2.45, 2.75) is 94.9 Å². The number of ether oxygens (including phenoxy) is 1. The highest BCUT2D eigenvalue weighted by molar-refractivity contribution is 5.84. The lowest BCUT2D eigenvalue weighted by molar-refractivity contribution is -0.296. The molecule has 1 aliphatic rings. The summed E-state index contributed by atoms with van der Waals surface area (Å²) in [6.07, 6.45) is -1.10. The highest BCUT2D eigenvalue weighted by Crippen LogP contribution is 2.27. The second kappa shape index (κ2) is 28.9. The molecule has 7 atom stereocenters. The molecule has 1 saturated heterocycles. The van der Waals surface area contributed by atoms with E-state index in [1.807, 2.05) is 0 Å². The Hall–Kier alpha value is -4.51. The van der Waals surface area contributed by atoms with Crippen molar-refractivity contribution in [3.8, 4) is 5.75 Å². The van der Waals surface area contributed by atoms with E-state index in [0.29, 0.717) is 36.2 Å². The number of hydrogen-bond donors (Lipinski definition) is 17. The molecule has 1 aromatic rings. The van der Waals surface area contributed by atoms with Gasteiger partial charge in [-0.25, -0.2) is 0 Å². The van der Waals surface area contributed by atoms with Crippen molar-refractivity contribution >= 4 is 35.6 Å². The van der Waals surface area contributed by atoms with Crippen LogP contribution >= 0.6 is 0 Å². The van der Waals surface area contributed by atoms with Gasteiger partial charge in [-0.05, 0) is 26.3 Å². The number of nitrogens with zero attached hydrogens (tertiary/aromatic N) is 1. The summed E-state index contributed by atoms with van der Waals surface area (Å²) in [5.41, 5.74) is 30.9. The Balaban J connectivity index is -0.000000690. The Labute approximate surface area is 314 Å². The molecule has 1 fully saturated rings. The molecule has 318 valence electrons. The number of pyridine rings is 1. The van der Waals surface area contributed by atoms with Crippen LogP contribution in [0.25, 0.3) is 0 Å². The Bertz CT molecular complexity index is 1340. The third-order valence-electron chi connectivity index (χ3n) is 7.02. The summed E-state index contributed by atoms with van der Waals surface area (Å²) < 4.78 is 4.80. The number of unbranched alkanes of at least 4 members (excludes halogenated alkanes) is 1. The summed E-state index contributed by atoms with van der Waals surface area (Å²) >= 11 is 0. The molecule has 25 heteroatoms. The van der Waals surface area contributed by atoms with E-state index >= 15 is 0 Å². The van der Waals surface area contributed by atoms with E-state index in [1.54, 1.807) is 6.92 Å². The van der Waals surface area contributed by atoms with E-state index in [1.165, 1.54) is 6.20 Å². The number of ketones is 1. The first-order valence-corrected chi connectivity index (χ1v) is 16.1. The SMILES string of the molecule is CC(=O)C1(O)O[C@H](CO)[C@@H](O)[C@H](O)[C@H]1N.Cc1ncc(CO)c(CN[C@@H](CCCCN)C(=O)O)c1O.NC(=O)C[C@H](N)C(=O)O.NCC(=O)O.NCC(=O)O. The average Bonchev–Trinajstić information content (AvgIpc) is 3.12. The highest BCUT2D eigenvalue weighted by Gasteiger charge is 2.54. The summed E-state index contributed by atoms with van der Waals surface area (Å²) in [4.78, 5) is 64.7. The first kappa shape index (κ1) is 54.8. The van der Waals surface area contributed by atoms with Gasteiger partial charge >= 0.3 is 23.9 Å². The maximum absolute atomic E-state index is 11.2. The summed E-state index contributed by atoms with van der Waals surface area (Å²) in [5.74, 6) is -7.97. The number of amides is 1. The quantitative estimate of drug-likeness (QED) is 0.0691. The zero-order chi connectivity index (χ0) is 43.6. The van der Waals surface area contributed by atoms with Crippen molar-refractivity contribution in [1.82, 2.24) is 10.3 Å². The third kappa shape index (κ3) is 21.8. The molecule has 0 bridgehead atoms. The molecule has 25 nitrogen and oxygen atoms in total. The fourth-order valence-corrected chi connectivity index (χ4v) is 3.86. The monoisotopic (exact) mass is 800 g/mol. The molecular weight excluding hydrogens is 744 g/mol. The first-order chi connectivity index (χ1) is 25.4. The second-order valence-electron chi connectivity index (χ2n) is 11.3. The van der Waals surface area contributed by atoms with Crippen LogP contribution in [0.1, 0.15) is 49.4 Å². The van der Waals surface area contributed by atoms with Gasteiger partial charge in [-0.15, -0.1) is 0 Å². The van der Waals surface area contributed by atoms with Crippen LogP contribution in [0.15, 0.2) is 6.20 Å². The summed E-state index contributed by atoms with van der Waals surface area (Å²) in [5, 5.41) is 92.0. The maximum atomic E-state index is 11.2. The highest BCUT2D eigenvalue weighted by atomic mass is 16.7. The lowest BCUT2D eigenvalue weighted by atomic mass is 9.89. The summed E-state index contributed by atoms with van der Waals surface area (Å²) in [6.45, 7) is 1.92. The Kier molecular flexibility index (Phi) is 28.8. The number of carbonyl (C=O) groups is 6. The summed E-state index contributed by atoms with van der Waals surface area (Å²) in [6, 6.07) is -3.33. The number of nitrogens with one attached hydrogen (secondary N) is 1. The number of rotatable bonds is 16. The Morgan fingerprint density at radius 3 is 1.80 bits per heavy atom. The number of carboxylic acids is 4. The van der Waals surface area contributed by atoms with Crippen molar-refractivity contribution in [3.63, 3.8) is 0 Å². The van der Waals surface area contributed by atoms with Crippen molar-refractivity contribution in [1.29, 1.82) is 0 Å². The number of nitrogens with two attached hydrogens (primary N) is 6. The van der Waals surface area contributed by atoms with Crippen molar-refractivity contribution in [3.05, 3.63) is 23.0 Å². The smallest absolute Gasteiger partial charge is 0.321 e. The predicted molar refractivity (Wildman–Crippen MR) is 188 cm³/mol. The zero-order valence-corrected chi connectivity index (χ0v) is 30.4. The number of aliphatic hydroxyl groups is 5. The van der Waals surface area contributed by atoms with Gasteiger partial charge in [-0.2, -0.15) is 0 Å². The molecule has 0 radical (unpaired) electrons. The molecule has 1 aromatic heterocycles. The number of primary amides is 1. The van der Waals surface area contributed by atoms with Crippen LogP contribution in [0.5, 0.6) is 5.75 Å². The number of carbonyl (C=O) groups excluding carboxylic acids is 2. The lowest BCUT2D eigenvalue weighted by Crippen LogP contribution is -2.70. The number of hydrogen-bond acceptors (Lipinski definition) is 20. The summed E-state index contributed by atoms with van der Waals surface area (Å²) in [7, 11) is 0. The number of aliphatic carboxylic acids is 4. The molecule has 1 unspecified atom stereocenters. The van der Waals surface area contributed by atoms with Crippen LogP contribution in [-0.2, 0) is 46.7 Å². The maximum Gasteiger partial charge on any atom is 0.321 e. The van der Waals surface area contributed by atoms with E-state index < -0.39 is 84.4 Å². The molecule has 0 aromatic carbocycles. The number of carboxylic acid groups (broad SMARTS) is 4. The molecule has 2 heterocycles. The zero-order valence-electron chi connectivity index (χ0n) is 30.4. The second-order valence-corrected chi connectivity index (χ2v) is 11.3. The standard InChI is InChI=1S/C14H23N3O4.C8H15NO6.C4H8N2O3.2C2H5NO2/c1-9-13(19)11(10(8-18)6-16-9)7-17-12(14(20)21)4-2-3-5-15;1-3(11)8(14)7(9)6(13)5(12)4(2-10)15-8;5-2(4(8)9)1-3(6)7;2*3-1-2(4)5/h6,12,17-19H,2-5,7-8,15H2,1H3,(H,20,21);4-7,10,12-14H,2,9H2,1H3;2H,1,5H2,(H2,6,7)(H,8,9);2*1,3H2,(H,4,5)/t12-;4-,5-,6+,7-,8?;2-;;/m010../s1. The van der Waals surface area contributed by atoms with E-state index in [2.05, 4.69) is 27.5 Å². The normalized spacial score (nSPS) is 20.8. The lowest BCUT2D eigenvalue weighted by Gasteiger charge is -2.44. The predicted octanol–water partition coefficient (Wildman–Crippen LogP) is -6.70. The molecule has 2 rings (SSSR count). The van der Waals surface area contributed by atoms with Crippen LogP contribution in [0.2, 0.25) is 0 Å². The molecule has 23 N–H and O–H groups in total. The molecule has 1 amide bonds. The van der Waals surface area contributed by atoms with Crippen molar-refractivity contribution < 1.29 is 84.6 Å². The van der Waals surface area contributed by atoms with Crippen molar-refractivity contribution in [2.24, 2.45) is 34.4 Å². The Morgan fingerprint density at radius 2 is 1.45 bits per heavy atom. The number of aromatic hydroxyl groups is 1. The van der Waals surface area contributed by atoms with Gasteiger partial charge in [-0.1, -0.05) is 6.42 Å². The first-order valence-electron chi connectivity index (χ1n) is 16.1. The van der Waals surface area contributed by atoms with Crippen LogP contribution < -0.4 is 39.7 Å². The number of aliphatic hydroxyl groups excluding tert-OH is 4. The van der Waals surface area contributed by atoms with Gasteiger partial charge in [0.1, 0.15) is 36.1 Å². The van der Waals surface area contributed by atoms with Gasteiger partial charge in [0.25, 0.3) is 0 Å². The van der Waals surface area contributed by atoms with Crippen LogP contribution in [0.3, 0.4) is 0 Å². The minimum Gasteiger partial charge on any atom is -0.506 e. The number of aromatic nitrogens is 1. The van der Waals surface area contributed by atoms with Gasteiger partial charge < -0.3 is 95.5 Å². The van der Waals surface area contributed by atoms with Gasteiger partial charge in [0.15, 0.2) is 5.78 Å². The average molecular weight is 801 g/mol. The molecule has 55 heavy (non-hydrogen) atoms. The van der Waals surface area contributed by atoms with Crippen molar-refractivity contribution in [2.75, 3.05) is 26.2 Å². The largest absolute Gasteiger partial charge is 0.506 e. The number of Topliss-reactive ketones (excluding diaryl/α,β-unsaturated/α-hetero) is 1. The van der Waals surface area contributed by atoms with E-state index in [9.17, 15) is 59.4 Å². The molecule has 0 saturated carbocycles. The van der Waals surface area contributed by atoms with E-state index in [4.69, 9.17) is 42.4 Å². The fraction of sp³-hybridized carbons (Fsp3) is 0.633. The fourth-order valence-electron chi connectivity index (χ4n) is 3.86. The van der Waals surface area contributed by atoms with Crippen LogP contribution in [-0.4, -0.2) is 160 Å². The Morgan fingerprint density at radius 1 is 0.945 bits per heavy atom. The molecule has 0 aliphatic carbocycles. The number of aryl methyl sites for hydroxylation is 1. The van der Waals surface area contributed by atoms with Gasteiger partial charge in [0.05, 0.1) is 44.5 Å². The molecule has 1 aliphatic heterocycles. The van der Waals surface area contributed by atoms with Gasteiger partial charge in [-0.3, -0.25) is 33.8 Å². The van der Waals surface area contributed by atoms with Gasteiger partial charge in [0.2, 0.25) is 11.7 Å². The topological polar surface area (TPSA) is 495 Å². The molecular formula is C30H56N8O17. The minimum absolute atomic E-state index is 0.0138. The van der Waals surface area contributed by atoms with Gasteiger partial charge in [0, 0.05) is 30.8 Å². The van der Waals surface area contributed by atoms with Crippen LogP contribution in [0.4, 0.5) is 0 Å². The minimum atomic E-state index is -2.37. The third-order valence-corrected chi connectivity index (χ3v) is 7.02. The van der Waals surface area contributed by atoms with Crippen LogP contribution in [0, 0.1) is 6.92 Å².